The molecule has 0 fully saturated rings. The smallest absolute Gasteiger partial charge is 0.326 e. The van der Waals surface area contributed by atoms with Crippen molar-refractivity contribution in [2.75, 3.05) is 13.2 Å². The van der Waals surface area contributed by atoms with Crippen LogP contribution < -0.4 is 27.4 Å². The lowest BCUT2D eigenvalue weighted by molar-refractivity contribution is -0.141. The van der Waals surface area contributed by atoms with Crippen molar-refractivity contribution < 1.29 is 34.2 Å². The van der Waals surface area contributed by atoms with Crippen molar-refractivity contribution in [2.45, 2.75) is 31.0 Å². The fourth-order valence-corrected chi connectivity index (χ4v) is 2.37. The summed E-state index contributed by atoms with van der Waals surface area (Å²) in [4.78, 5) is 58.0. The quantitative estimate of drug-likeness (QED) is 0.179. The van der Waals surface area contributed by atoms with E-state index in [-0.39, 0.29) is 6.42 Å². The zero-order chi connectivity index (χ0) is 22.7. The summed E-state index contributed by atoms with van der Waals surface area (Å²) in [7, 11) is 0. The second-order valence-electron chi connectivity index (χ2n) is 6.39. The van der Waals surface area contributed by atoms with E-state index in [1.807, 2.05) is 0 Å². The Morgan fingerprint density at radius 1 is 0.967 bits per heavy atom. The van der Waals surface area contributed by atoms with Gasteiger partial charge in [0.25, 0.3) is 0 Å². The Balaban J connectivity index is 2.55. The molecule has 0 bridgehead atoms. The molecule has 0 aliphatic carbocycles. The number of nitrogens with one attached hydrogen (secondary N) is 3. The number of primary amides is 1. The molecule has 0 radical (unpaired) electrons. The first-order valence-electron chi connectivity index (χ1n) is 8.93. The molecule has 12 heteroatoms. The molecule has 0 spiro atoms. The van der Waals surface area contributed by atoms with Crippen LogP contribution in [0.1, 0.15) is 12.0 Å². The highest BCUT2D eigenvalue weighted by Gasteiger charge is 2.25. The van der Waals surface area contributed by atoms with Gasteiger partial charge in [0.1, 0.15) is 12.1 Å². The van der Waals surface area contributed by atoms with Crippen molar-refractivity contribution in [3.05, 3.63) is 35.9 Å². The number of benzene rings is 1. The summed E-state index contributed by atoms with van der Waals surface area (Å²) in [6, 6.07) is 4.71. The highest BCUT2D eigenvalue weighted by molar-refractivity contribution is 5.93. The molecule has 0 heterocycles. The molecule has 0 aliphatic heterocycles. The maximum Gasteiger partial charge on any atom is 0.326 e. The van der Waals surface area contributed by atoms with E-state index in [4.69, 9.17) is 11.5 Å². The maximum absolute atomic E-state index is 12.1. The standard InChI is InChI=1S/C18H25N5O7/c19-11(7-14(20)25)16(27)23-13(9-24)17(28)21-8-15(26)22-12(18(29)30)6-10-4-2-1-3-5-10/h1-5,11-13,24H,6-9,19H2,(H2,20,25)(H,21,28)(H,22,26)(H,23,27)(H,29,30). The summed E-state index contributed by atoms with van der Waals surface area (Å²) < 4.78 is 0. The Labute approximate surface area is 172 Å². The van der Waals surface area contributed by atoms with Gasteiger partial charge in [-0.25, -0.2) is 4.79 Å². The summed E-state index contributed by atoms with van der Waals surface area (Å²) in [5.41, 5.74) is 11.1. The van der Waals surface area contributed by atoms with Crippen LogP contribution in [0, 0.1) is 0 Å². The molecule has 0 saturated carbocycles. The minimum absolute atomic E-state index is 0.0446. The molecule has 1 aromatic rings. The van der Waals surface area contributed by atoms with Crippen LogP contribution in [0.25, 0.3) is 0 Å². The molecule has 3 unspecified atom stereocenters. The van der Waals surface area contributed by atoms with Crippen LogP contribution in [0.3, 0.4) is 0 Å². The van der Waals surface area contributed by atoms with Crippen LogP contribution in [0.2, 0.25) is 0 Å². The predicted molar refractivity (Wildman–Crippen MR) is 104 cm³/mol. The first-order chi connectivity index (χ1) is 14.1. The number of hydrogen-bond donors (Lipinski definition) is 7. The number of carbonyl (C=O) groups is 5. The largest absolute Gasteiger partial charge is 0.480 e. The average molecular weight is 423 g/mol. The summed E-state index contributed by atoms with van der Waals surface area (Å²) in [6.45, 7) is -1.38. The molecule has 164 valence electrons. The lowest BCUT2D eigenvalue weighted by Crippen LogP contribution is -2.55. The highest BCUT2D eigenvalue weighted by atomic mass is 16.4. The van der Waals surface area contributed by atoms with Crippen molar-refractivity contribution in [3.63, 3.8) is 0 Å². The van der Waals surface area contributed by atoms with Crippen LogP contribution in [0.4, 0.5) is 0 Å². The van der Waals surface area contributed by atoms with Crippen LogP contribution >= 0.6 is 0 Å². The SMILES string of the molecule is NC(=O)CC(N)C(=O)NC(CO)C(=O)NCC(=O)NC(Cc1ccccc1)C(=O)O. The number of nitrogens with two attached hydrogens (primary N) is 2. The maximum atomic E-state index is 12.1. The zero-order valence-corrected chi connectivity index (χ0v) is 16.0. The van der Waals surface area contributed by atoms with Crippen molar-refractivity contribution in [2.24, 2.45) is 11.5 Å². The van der Waals surface area contributed by atoms with Gasteiger partial charge < -0.3 is 37.6 Å². The molecule has 3 atom stereocenters. The third-order valence-corrected chi connectivity index (χ3v) is 3.91. The number of amides is 4. The molecule has 4 amide bonds. The molecule has 0 saturated heterocycles. The van der Waals surface area contributed by atoms with Crippen molar-refractivity contribution >= 4 is 29.6 Å². The predicted octanol–water partition coefficient (Wildman–Crippen LogP) is -3.41. The number of rotatable bonds is 12. The van der Waals surface area contributed by atoms with E-state index in [1.165, 1.54) is 0 Å². The van der Waals surface area contributed by atoms with E-state index < -0.39 is 67.3 Å². The van der Waals surface area contributed by atoms with E-state index in [9.17, 15) is 34.2 Å². The zero-order valence-electron chi connectivity index (χ0n) is 16.0. The number of carboxylic acids is 1. The van der Waals surface area contributed by atoms with Crippen LogP contribution in [-0.4, -0.2) is 71.1 Å². The molecule has 0 aromatic heterocycles. The van der Waals surface area contributed by atoms with Gasteiger partial charge in [0.2, 0.25) is 23.6 Å². The molecular weight excluding hydrogens is 398 g/mol. The van der Waals surface area contributed by atoms with Gasteiger partial charge in [-0.2, -0.15) is 0 Å². The van der Waals surface area contributed by atoms with Crippen LogP contribution in [0.5, 0.6) is 0 Å². The Kier molecular flexibility index (Phi) is 9.92. The Bertz CT molecular complexity index is 771. The summed E-state index contributed by atoms with van der Waals surface area (Å²) in [5, 5.41) is 25.1. The second kappa shape index (κ2) is 12.1. The number of carbonyl (C=O) groups excluding carboxylic acids is 4. The van der Waals surface area contributed by atoms with Gasteiger partial charge in [-0.3, -0.25) is 19.2 Å². The minimum Gasteiger partial charge on any atom is -0.480 e. The number of carboxylic acid groups (broad SMARTS) is 1. The summed E-state index contributed by atoms with van der Waals surface area (Å²) in [6.07, 6.45) is -0.408. The highest BCUT2D eigenvalue weighted by Crippen LogP contribution is 2.03. The minimum atomic E-state index is -1.43. The monoisotopic (exact) mass is 423 g/mol. The number of hydrogen-bond acceptors (Lipinski definition) is 7. The van der Waals surface area contributed by atoms with Crippen molar-refractivity contribution in [1.29, 1.82) is 0 Å². The van der Waals surface area contributed by atoms with Gasteiger partial charge in [0.05, 0.1) is 25.6 Å². The van der Waals surface area contributed by atoms with E-state index >= 15 is 0 Å². The van der Waals surface area contributed by atoms with E-state index in [0.29, 0.717) is 5.56 Å². The topological polar surface area (TPSA) is 214 Å². The third-order valence-electron chi connectivity index (χ3n) is 3.91. The lowest BCUT2D eigenvalue weighted by Gasteiger charge is -2.19. The Morgan fingerprint density at radius 2 is 1.60 bits per heavy atom. The number of aliphatic carboxylic acids is 1. The molecule has 12 nitrogen and oxygen atoms in total. The summed E-state index contributed by atoms with van der Waals surface area (Å²) in [5.74, 6) is -4.63. The Hall–Kier alpha value is -3.51. The average Bonchev–Trinajstić information content (AvgIpc) is 2.69. The molecule has 1 rings (SSSR count). The van der Waals surface area contributed by atoms with Crippen molar-refractivity contribution in [3.8, 4) is 0 Å². The fraction of sp³-hybridized carbons (Fsp3) is 0.389. The lowest BCUT2D eigenvalue weighted by atomic mass is 10.1. The van der Waals surface area contributed by atoms with Gasteiger partial charge in [-0.1, -0.05) is 30.3 Å². The molecule has 9 N–H and O–H groups in total. The van der Waals surface area contributed by atoms with Gasteiger partial charge in [-0.15, -0.1) is 0 Å². The van der Waals surface area contributed by atoms with Gasteiger partial charge in [-0.05, 0) is 5.56 Å². The summed E-state index contributed by atoms with van der Waals surface area (Å²) >= 11 is 0. The van der Waals surface area contributed by atoms with Crippen molar-refractivity contribution in [1.82, 2.24) is 16.0 Å². The van der Waals surface area contributed by atoms with E-state index in [0.717, 1.165) is 0 Å². The van der Waals surface area contributed by atoms with Gasteiger partial charge in [0.15, 0.2) is 0 Å². The van der Waals surface area contributed by atoms with Crippen LogP contribution in [-0.2, 0) is 30.4 Å². The van der Waals surface area contributed by atoms with Crippen LogP contribution in [0.15, 0.2) is 30.3 Å². The third kappa shape index (κ3) is 8.67. The van der Waals surface area contributed by atoms with Gasteiger partial charge in [0, 0.05) is 6.42 Å². The molecule has 1 aromatic carbocycles. The Morgan fingerprint density at radius 3 is 2.13 bits per heavy atom. The molecular formula is C18H25N5O7. The first kappa shape index (κ1) is 24.5. The van der Waals surface area contributed by atoms with Gasteiger partial charge >= 0.3 is 5.97 Å². The number of aliphatic hydroxyl groups excluding tert-OH is 1. The van der Waals surface area contributed by atoms with E-state index in [2.05, 4.69) is 16.0 Å². The second-order valence-corrected chi connectivity index (χ2v) is 6.39. The first-order valence-corrected chi connectivity index (χ1v) is 8.93. The number of aliphatic hydroxyl groups is 1. The molecule has 0 aliphatic rings. The normalized spacial score (nSPS) is 13.4. The molecule has 30 heavy (non-hydrogen) atoms. The van der Waals surface area contributed by atoms with E-state index in [1.54, 1.807) is 30.3 Å². The fourth-order valence-electron chi connectivity index (χ4n) is 2.37.